The Morgan fingerprint density at radius 1 is 1.00 bits per heavy atom. The summed E-state index contributed by atoms with van der Waals surface area (Å²) in [4.78, 5) is 12.8. The highest BCUT2D eigenvalue weighted by Gasteiger charge is 2.20. The van der Waals surface area contributed by atoms with Crippen molar-refractivity contribution in [2.45, 2.75) is 58.4 Å². The molecule has 1 atom stereocenters. The van der Waals surface area contributed by atoms with Crippen LogP contribution >= 0.6 is 0 Å². The van der Waals surface area contributed by atoms with Gasteiger partial charge in [0.15, 0.2) is 0 Å². The van der Waals surface area contributed by atoms with Gasteiger partial charge in [-0.3, -0.25) is 4.79 Å². The second-order valence-electron chi connectivity index (χ2n) is 9.47. The molecule has 0 bridgehead atoms. The molecule has 174 valence electrons. The number of fused-ring (bicyclic) bond motifs is 1. The van der Waals surface area contributed by atoms with Gasteiger partial charge in [-0.05, 0) is 93.1 Å². The van der Waals surface area contributed by atoms with Crippen LogP contribution in [-0.2, 0) is 19.3 Å². The van der Waals surface area contributed by atoms with Crippen molar-refractivity contribution in [2.24, 2.45) is 0 Å². The van der Waals surface area contributed by atoms with Gasteiger partial charge in [0.25, 0.3) is 5.91 Å². The van der Waals surface area contributed by atoms with Crippen molar-refractivity contribution >= 4 is 5.91 Å². The van der Waals surface area contributed by atoms with Crippen LogP contribution in [0.4, 0.5) is 0 Å². The lowest BCUT2D eigenvalue weighted by molar-refractivity contribution is 0.0939. The van der Waals surface area contributed by atoms with Crippen LogP contribution in [0, 0.1) is 6.92 Å². The zero-order valence-corrected chi connectivity index (χ0v) is 20.0. The highest BCUT2D eigenvalue weighted by atomic mass is 16.3. The maximum absolute atomic E-state index is 12.8. The molecule has 0 unspecified atom stereocenters. The van der Waals surface area contributed by atoms with Crippen LogP contribution in [0.5, 0.6) is 0 Å². The molecule has 1 N–H and O–H groups in total. The summed E-state index contributed by atoms with van der Waals surface area (Å²) in [6.45, 7) is 4.12. The Hall–Kier alpha value is -3.53. The third-order valence-corrected chi connectivity index (χ3v) is 6.75. The van der Waals surface area contributed by atoms with Gasteiger partial charge in [0.1, 0.15) is 5.76 Å². The molecule has 0 aliphatic heterocycles. The van der Waals surface area contributed by atoms with Gasteiger partial charge in [-0.15, -0.1) is 0 Å². The van der Waals surface area contributed by atoms with Gasteiger partial charge >= 0.3 is 0 Å². The van der Waals surface area contributed by atoms with Crippen LogP contribution in [0.2, 0.25) is 0 Å². The Morgan fingerprint density at radius 2 is 1.76 bits per heavy atom. The summed E-state index contributed by atoms with van der Waals surface area (Å²) in [6, 6.07) is 23.0. The van der Waals surface area contributed by atoms with Crippen molar-refractivity contribution in [3.63, 3.8) is 0 Å². The lowest BCUT2D eigenvalue weighted by Gasteiger charge is -2.16. The van der Waals surface area contributed by atoms with Crippen LogP contribution in [-0.4, -0.2) is 16.5 Å². The summed E-state index contributed by atoms with van der Waals surface area (Å²) in [6.07, 6.45) is 8.31. The van der Waals surface area contributed by atoms with E-state index in [1.807, 2.05) is 31.2 Å². The van der Waals surface area contributed by atoms with Crippen molar-refractivity contribution < 1.29 is 9.21 Å². The van der Waals surface area contributed by atoms with E-state index in [9.17, 15) is 4.79 Å². The van der Waals surface area contributed by atoms with E-state index in [4.69, 9.17) is 4.42 Å². The monoisotopic (exact) mass is 452 g/mol. The highest BCUT2D eigenvalue weighted by Crippen LogP contribution is 2.33. The number of benzene rings is 2. The fourth-order valence-electron chi connectivity index (χ4n) is 4.96. The number of nitrogens with zero attached hydrogens (tertiary/aromatic N) is 1. The molecular formula is C30H32N2O2. The Morgan fingerprint density at radius 3 is 2.50 bits per heavy atom. The van der Waals surface area contributed by atoms with E-state index in [-0.39, 0.29) is 11.9 Å². The standard InChI is InChI=1S/C30H32N2O2/c1-21-10-12-23(13-11-21)29-20-25-7-4-3-5-9-28(25)32(29)26-16-14-24(15-17-26)30(33)31-22(2)19-27-8-6-18-34-27/h6,8,10-18,20,22H,3-5,7,9,19H2,1-2H3,(H,31,33)/t22-/m1/s1. The number of hydrogen-bond donors (Lipinski definition) is 1. The SMILES string of the molecule is Cc1ccc(-c2cc3c(n2-c2ccc(C(=O)N[C@H](C)Cc4ccco4)cc2)CCCCC3)cc1. The number of furan rings is 1. The van der Waals surface area contributed by atoms with E-state index in [2.05, 4.69) is 59.3 Å². The van der Waals surface area contributed by atoms with E-state index in [1.54, 1.807) is 6.26 Å². The first kappa shape index (κ1) is 22.3. The van der Waals surface area contributed by atoms with Crippen LogP contribution in [0.25, 0.3) is 16.9 Å². The molecule has 2 aromatic carbocycles. The first-order valence-electron chi connectivity index (χ1n) is 12.3. The second-order valence-corrected chi connectivity index (χ2v) is 9.47. The van der Waals surface area contributed by atoms with Crippen LogP contribution in [0.3, 0.4) is 0 Å². The number of hydrogen-bond acceptors (Lipinski definition) is 2. The third kappa shape index (κ3) is 4.72. The minimum atomic E-state index is -0.0595. The van der Waals surface area contributed by atoms with Gasteiger partial charge in [0.2, 0.25) is 0 Å². The minimum absolute atomic E-state index is 0.00770. The molecule has 4 aromatic rings. The fraction of sp³-hybridized carbons (Fsp3) is 0.300. The molecule has 0 radical (unpaired) electrons. The normalized spacial score (nSPS) is 14.3. The van der Waals surface area contributed by atoms with Gasteiger partial charge in [-0.1, -0.05) is 36.2 Å². The van der Waals surface area contributed by atoms with Crippen molar-refractivity contribution in [3.8, 4) is 16.9 Å². The fourth-order valence-corrected chi connectivity index (χ4v) is 4.96. The predicted octanol–water partition coefficient (Wildman–Crippen LogP) is 6.68. The van der Waals surface area contributed by atoms with E-state index in [1.165, 1.54) is 47.3 Å². The van der Waals surface area contributed by atoms with Gasteiger partial charge in [0.05, 0.1) is 12.0 Å². The molecule has 1 aliphatic carbocycles. The van der Waals surface area contributed by atoms with Crippen molar-refractivity contribution in [1.29, 1.82) is 0 Å². The average molecular weight is 453 g/mol. The zero-order valence-electron chi connectivity index (χ0n) is 20.0. The highest BCUT2D eigenvalue weighted by molar-refractivity contribution is 5.94. The first-order valence-corrected chi connectivity index (χ1v) is 12.3. The molecule has 2 heterocycles. The number of aryl methyl sites for hydroxylation is 2. The Labute approximate surface area is 201 Å². The van der Waals surface area contributed by atoms with Crippen molar-refractivity contribution in [3.05, 3.63) is 101 Å². The molecule has 1 amide bonds. The summed E-state index contributed by atoms with van der Waals surface area (Å²) in [5.41, 5.74) is 8.38. The quantitative estimate of drug-likeness (QED) is 0.332. The molecule has 2 aromatic heterocycles. The summed E-state index contributed by atoms with van der Waals surface area (Å²) in [5.74, 6) is 0.816. The number of aromatic nitrogens is 1. The first-order chi connectivity index (χ1) is 16.6. The Bertz CT molecular complexity index is 1250. The molecule has 0 fully saturated rings. The predicted molar refractivity (Wildman–Crippen MR) is 137 cm³/mol. The van der Waals surface area contributed by atoms with E-state index in [0.29, 0.717) is 12.0 Å². The molecule has 1 aliphatic rings. The van der Waals surface area contributed by atoms with Gasteiger partial charge in [-0.2, -0.15) is 0 Å². The summed E-state index contributed by atoms with van der Waals surface area (Å²) < 4.78 is 7.81. The van der Waals surface area contributed by atoms with Crippen molar-refractivity contribution in [1.82, 2.24) is 9.88 Å². The maximum Gasteiger partial charge on any atom is 0.251 e. The van der Waals surface area contributed by atoms with Crippen LogP contribution in [0.15, 0.2) is 77.4 Å². The number of rotatable bonds is 6. The summed E-state index contributed by atoms with van der Waals surface area (Å²) in [5, 5.41) is 3.08. The molecular weight excluding hydrogens is 420 g/mol. The number of amides is 1. The largest absolute Gasteiger partial charge is 0.469 e. The molecule has 0 spiro atoms. The summed E-state index contributed by atoms with van der Waals surface area (Å²) >= 11 is 0. The minimum Gasteiger partial charge on any atom is -0.469 e. The van der Waals surface area contributed by atoms with E-state index < -0.39 is 0 Å². The van der Waals surface area contributed by atoms with Gasteiger partial charge in [-0.25, -0.2) is 0 Å². The van der Waals surface area contributed by atoms with Gasteiger partial charge < -0.3 is 14.3 Å². The zero-order chi connectivity index (χ0) is 23.5. The Kier molecular flexibility index (Phi) is 6.39. The smallest absolute Gasteiger partial charge is 0.251 e. The van der Waals surface area contributed by atoms with E-state index in [0.717, 1.165) is 24.3 Å². The lowest BCUT2D eigenvalue weighted by Crippen LogP contribution is -2.33. The van der Waals surface area contributed by atoms with Crippen molar-refractivity contribution in [2.75, 3.05) is 0 Å². The third-order valence-electron chi connectivity index (χ3n) is 6.75. The molecule has 34 heavy (non-hydrogen) atoms. The topological polar surface area (TPSA) is 47.2 Å². The molecule has 4 heteroatoms. The average Bonchev–Trinajstić information content (AvgIpc) is 3.41. The Balaban J connectivity index is 1.42. The molecule has 0 saturated heterocycles. The number of nitrogens with one attached hydrogen (secondary N) is 1. The lowest BCUT2D eigenvalue weighted by atomic mass is 10.1. The molecule has 0 saturated carbocycles. The molecule has 4 nitrogen and oxygen atoms in total. The molecule has 5 rings (SSSR count). The maximum atomic E-state index is 12.8. The van der Waals surface area contributed by atoms with Gasteiger partial charge in [0, 0.05) is 29.4 Å². The van der Waals surface area contributed by atoms with E-state index >= 15 is 0 Å². The van der Waals surface area contributed by atoms with Crippen LogP contribution in [0.1, 0.15) is 59.1 Å². The summed E-state index contributed by atoms with van der Waals surface area (Å²) in [7, 11) is 0. The van der Waals surface area contributed by atoms with Crippen LogP contribution < -0.4 is 5.32 Å². The number of carbonyl (C=O) groups is 1. The second kappa shape index (κ2) is 9.76. The number of carbonyl (C=O) groups excluding carboxylic acids is 1.